The lowest BCUT2D eigenvalue weighted by molar-refractivity contribution is -0.137. The Bertz CT molecular complexity index is 1190. The Morgan fingerprint density at radius 2 is 1.88 bits per heavy atom. The van der Waals surface area contributed by atoms with Gasteiger partial charge in [-0.05, 0) is 30.9 Å². The van der Waals surface area contributed by atoms with Crippen LogP contribution in [0.4, 0.5) is 5.82 Å². The third-order valence-electron chi connectivity index (χ3n) is 5.37. The normalized spacial score (nSPS) is 11.0. The molecule has 164 valence electrons. The number of pyridine rings is 1. The molecule has 3 heterocycles. The number of furan rings is 1. The van der Waals surface area contributed by atoms with E-state index in [0.717, 1.165) is 41.5 Å². The molecule has 0 aliphatic rings. The number of carbonyl (C=O) groups is 1. The molecule has 0 saturated carbocycles. The predicted molar refractivity (Wildman–Crippen MR) is 124 cm³/mol. The minimum absolute atomic E-state index is 0.198. The number of aromatic nitrogens is 3. The van der Waals surface area contributed by atoms with Gasteiger partial charge in [0.1, 0.15) is 17.9 Å². The Morgan fingerprint density at radius 1 is 1.03 bits per heavy atom. The molecular formula is C25H26N4O3. The Kier molecular flexibility index (Phi) is 6.75. The lowest BCUT2D eigenvalue weighted by Gasteiger charge is -2.08. The summed E-state index contributed by atoms with van der Waals surface area (Å²) in [5, 5.41) is 13.0. The minimum atomic E-state index is -0.756. The molecule has 0 aliphatic heterocycles. The highest BCUT2D eigenvalue weighted by Gasteiger charge is 2.22. The van der Waals surface area contributed by atoms with Crippen LogP contribution in [-0.2, 0) is 11.2 Å². The molecule has 4 aromatic rings. The van der Waals surface area contributed by atoms with Crippen molar-refractivity contribution in [2.75, 3.05) is 11.9 Å². The van der Waals surface area contributed by atoms with E-state index in [2.05, 4.69) is 28.3 Å². The molecule has 4 rings (SSSR count). The van der Waals surface area contributed by atoms with Crippen LogP contribution in [0, 0.1) is 0 Å². The number of anilines is 1. The van der Waals surface area contributed by atoms with Crippen LogP contribution in [0.1, 0.15) is 38.2 Å². The highest BCUT2D eigenvalue weighted by atomic mass is 16.4. The molecule has 0 unspecified atom stereocenters. The summed E-state index contributed by atoms with van der Waals surface area (Å²) in [6.07, 6.45) is 6.85. The van der Waals surface area contributed by atoms with Crippen molar-refractivity contribution >= 4 is 22.9 Å². The summed E-state index contributed by atoms with van der Waals surface area (Å²) in [7, 11) is 0. The number of hydrogen-bond acceptors (Lipinski definition) is 6. The van der Waals surface area contributed by atoms with Crippen molar-refractivity contribution in [1.29, 1.82) is 0 Å². The smallest absolute Gasteiger partial charge is 0.303 e. The molecule has 3 aromatic heterocycles. The topological polar surface area (TPSA) is 101 Å². The summed E-state index contributed by atoms with van der Waals surface area (Å²) in [4.78, 5) is 24.2. The van der Waals surface area contributed by atoms with E-state index in [0.29, 0.717) is 30.3 Å². The van der Waals surface area contributed by atoms with E-state index in [9.17, 15) is 4.79 Å². The zero-order chi connectivity index (χ0) is 22.3. The van der Waals surface area contributed by atoms with E-state index in [1.807, 2.05) is 42.6 Å². The lowest BCUT2D eigenvalue weighted by atomic mass is 10.0. The third-order valence-corrected chi connectivity index (χ3v) is 5.37. The number of hydrogen-bond donors (Lipinski definition) is 2. The molecular weight excluding hydrogens is 404 g/mol. The first kappa shape index (κ1) is 21.5. The van der Waals surface area contributed by atoms with Gasteiger partial charge in [-0.15, -0.1) is 0 Å². The zero-order valence-electron chi connectivity index (χ0n) is 18.0. The van der Waals surface area contributed by atoms with Crippen LogP contribution in [0.3, 0.4) is 0 Å². The van der Waals surface area contributed by atoms with Gasteiger partial charge in [0.25, 0.3) is 0 Å². The average Bonchev–Trinajstić information content (AvgIpc) is 3.22. The van der Waals surface area contributed by atoms with Crippen molar-refractivity contribution in [2.24, 2.45) is 0 Å². The molecule has 32 heavy (non-hydrogen) atoms. The Hall–Kier alpha value is -3.74. The highest BCUT2D eigenvalue weighted by molar-refractivity contribution is 6.05. The van der Waals surface area contributed by atoms with Crippen molar-refractivity contribution in [1.82, 2.24) is 15.0 Å². The fraction of sp³-hybridized carbons (Fsp3) is 0.280. The molecule has 1 aromatic carbocycles. The number of nitrogens with zero attached hydrogens (tertiary/aromatic N) is 3. The van der Waals surface area contributed by atoms with Crippen LogP contribution in [0.25, 0.3) is 33.7 Å². The van der Waals surface area contributed by atoms with Crippen LogP contribution in [0.5, 0.6) is 0 Å². The first-order valence-electron chi connectivity index (χ1n) is 10.9. The van der Waals surface area contributed by atoms with Crippen molar-refractivity contribution in [3.05, 3.63) is 60.6 Å². The van der Waals surface area contributed by atoms with Gasteiger partial charge in [0.15, 0.2) is 0 Å². The number of aryl methyl sites for hydroxylation is 1. The number of benzene rings is 1. The summed E-state index contributed by atoms with van der Waals surface area (Å²) in [6, 6.07) is 14.0. The molecule has 0 amide bonds. The number of fused-ring (bicyclic) bond motifs is 1. The summed E-state index contributed by atoms with van der Waals surface area (Å²) >= 11 is 0. The molecule has 2 N–H and O–H groups in total. The number of unbranched alkanes of at least 4 members (excludes halogenated alkanes) is 2. The summed E-state index contributed by atoms with van der Waals surface area (Å²) in [5.74, 6) is 0.645. The van der Waals surface area contributed by atoms with Gasteiger partial charge in [-0.3, -0.25) is 9.78 Å². The third kappa shape index (κ3) is 4.77. The van der Waals surface area contributed by atoms with E-state index >= 15 is 0 Å². The quantitative estimate of drug-likeness (QED) is 0.317. The van der Waals surface area contributed by atoms with Crippen LogP contribution < -0.4 is 5.32 Å². The molecule has 0 fully saturated rings. The molecule has 0 aliphatic carbocycles. The van der Waals surface area contributed by atoms with Gasteiger partial charge in [0.05, 0.1) is 16.6 Å². The lowest BCUT2D eigenvalue weighted by Crippen LogP contribution is -2.05. The number of rotatable bonds is 10. The molecule has 0 bridgehead atoms. The zero-order valence-corrected chi connectivity index (χ0v) is 18.0. The maximum atomic E-state index is 10.7. The largest absolute Gasteiger partial charge is 0.481 e. The molecule has 7 heteroatoms. The van der Waals surface area contributed by atoms with Crippen molar-refractivity contribution < 1.29 is 14.3 Å². The fourth-order valence-corrected chi connectivity index (χ4v) is 3.67. The predicted octanol–water partition coefficient (Wildman–Crippen LogP) is 5.57. The van der Waals surface area contributed by atoms with Gasteiger partial charge in [0, 0.05) is 24.7 Å². The maximum Gasteiger partial charge on any atom is 0.303 e. The average molecular weight is 431 g/mol. The Balaban J connectivity index is 1.71. The van der Waals surface area contributed by atoms with Crippen LogP contribution in [-0.4, -0.2) is 32.6 Å². The second-order valence-electron chi connectivity index (χ2n) is 7.61. The molecule has 0 atom stereocenters. The summed E-state index contributed by atoms with van der Waals surface area (Å²) in [6.45, 7) is 2.78. The maximum absolute atomic E-state index is 10.7. The minimum Gasteiger partial charge on any atom is -0.481 e. The Labute approximate surface area is 186 Å². The number of carboxylic acids is 1. The standard InChI is InChI=1S/C25H26N4O3/c1-2-17-12-13-19(27-15-17)21-22-24(26-14-8-4-7-11-20(30)31)28-16-29-25(22)32-23(21)18-9-5-3-6-10-18/h3,5-6,9-10,12-13,15-16H,2,4,7-8,11,14H2,1H3,(H,30,31)(H,26,28,29). The van der Waals surface area contributed by atoms with Gasteiger partial charge < -0.3 is 14.8 Å². The number of carboxylic acid groups (broad SMARTS) is 1. The van der Waals surface area contributed by atoms with E-state index in [-0.39, 0.29) is 6.42 Å². The SMILES string of the molecule is CCc1ccc(-c2c(-c3ccccc3)oc3ncnc(NCCCCCC(=O)O)c23)nc1. The first-order valence-corrected chi connectivity index (χ1v) is 10.9. The fourth-order valence-electron chi connectivity index (χ4n) is 3.67. The first-order chi connectivity index (χ1) is 15.7. The molecule has 0 radical (unpaired) electrons. The second kappa shape index (κ2) is 10.0. The van der Waals surface area contributed by atoms with Crippen molar-refractivity contribution in [3.8, 4) is 22.6 Å². The summed E-state index contributed by atoms with van der Waals surface area (Å²) in [5.41, 5.74) is 4.28. The van der Waals surface area contributed by atoms with Gasteiger partial charge in [-0.1, -0.05) is 49.7 Å². The number of aliphatic carboxylic acids is 1. The van der Waals surface area contributed by atoms with Crippen LogP contribution in [0.2, 0.25) is 0 Å². The van der Waals surface area contributed by atoms with E-state index in [4.69, 9.17) is 14.5 Å². The Morgan fingerprint density at radius 3 is 2.59 bits per heavy atom. The van der Waals surface area contributed by atoms with E-state index in [1.165, 1.54) is 11.9 Å². The van der Waals surface area contributed by atoms with Gasteiger partial charge >= 0.3 is 5.97 Å². The summed E-state index contributed by atoms with van der Waals surface area (Å²) < 4.78 is 6.21. The monoisotopic (exact) mass is 430 g/mol. The second-order valence-corrected chi connectivity index (χ2v) is 7.61. The molecule has 0 saturated heterocycles. The van der Waals surface area contributed by atoms with Gasteiger partial charge in [0.2, 0.25) is 5.71 Å². The van der Waals surface area contributed by atoms with E-state index < -0.39 is 5.97 Å². The van der Waals surface area contributed by atoms with Gasteiger partial charge in [-0.2, -0.15) is 0 Å². The van der Waals surface area contributed by atoms with Crippen molar-refractivity contribution in [3.63, 3.8) is 0 Å². The van der Waals surface area contributed by atoms with Crippen LogP contribution in [0.15, 0.2) is 59.4 Å². The molecule has 7 nitrogen and oxygen atoms in total. The molecule has 0 spiro atoms. The van der Waals surface area contributed by atoms with Gasteiger partial charge in [-0.25, -0.2) is 9.97 Å². The van der Waals surface area contributed by atoms with Crippen LogP contribution >= 0.6 is 0 Å². The van der Waals surface area contributed by atoms with E-state index in [1.54, 1.807) is 0 Å². The number of nitrogens with one attached hydrogen (secondary N) is 1. The highest BCUT2D eigenvalue weighted by Crippen LogP contribution is 2.41. The van der Waals surface area contributed by atoms with Crippen molar-refractivity contribution in [2.45, 2.75) is 39.0 Å².